The molecule has 0 spiro atoms. The van der Waals surface area contributed by atoms with Crippen molar-refractivity contribution in [1.82, 2.24) is 20.0 Å². The molecule has 0 aromatic carbocycles. The van der Waals surface area contributed by atoms with Crippen molar-refractivity contribution < 1.29 is 14.1 Å². The van der Waals surface area contributed by atoms with Gasteiger partial charge in [0, 0.05) is 24.8 Å². The molecule has 0 radical (unpaired) electrons. The number of anilines is 1. The first-order valence-corrected chi connectivity index (χ1v) is 8.87. The van der Waals surface area contributed by atoms with Crippen LogP contribution in [-0.4, -0.2) is 38.4 Å². The second-order valence-corrected chi connectivity index (χ2v) is 7.00. The number of carbonyl (C=O) groups is 2. The minimum absolute atomic E-state index is 0.164. The first kappa shape index (κ1) is 15.3. The predicted octanol–water partition coefficient (Wildman–Crippen LogP) is 2.34. The minimum Gasteiger partial charge on any atom is -0.339 e. The topological polar surface area (TPSA) is 101 Å². The fourth-order valence-corrected chi connectivity index (χ4v) is 3.61. The number of nitrogens with one attached hydrogen (secondary N) is 1. The smallest absolute Gasteiger partial charge is 0.274 e. The average molecular weight is 347 g/mol. The number of nitrogens with zero attached hydrogens (tertiary/aromatic N) is 4. The summed E-state index contributed by atoms with van der Waals surface area (Å²) < 4.78 is 5.32. The molecule has 3 heterocycles. The predicted molar refractivity (Wildman–Crippen MR) is 85.7 cm³/mol. The van der Waals surface area contributed by atoms with Crippen molar-refractivity contribution in [1.29, 1.82) is 0 Å². The maximum absolute atomic E-state index is 12.8. The van der Waals surface area contributed by atoms with Gasteiger partial charge in [0.25, 0.3) is 5.91 Å². The SMILES string of the molecule is CC(=O)Nc1nc(C(=O)N2CCC[C@H]2c2noc(C3CC3)n2)cs1. The normalized spacial score (nSPS) is 20.4. The van der Waals surface area contributed by atoms with Gasteiger partial charge in [-0.15, -0.1) is 11.3 Å². The zero-order chi connectivity index (χ0) is 16.7. The van der Waals surface area contributed by atoms with Gasteiger partial charge in [-0.2, -0.15) is 4.98 Å². The summed E-state index contributed by atoms with van der Waals surface area (Å²) in [5.74, 6) is 1.30. The zero-order valence-electron chi connectivity index (χ0n) is 13.2. The van der Waals surface area contributed by atoms with Gasteiger partial charge in [-0.1, -0.05) is 5.16 Å². The van der Waals surface area contributed by atoms with E-state index in [-0.39, 0.29) is 17.9 Å². The summed E-state index contributed by atoms with van der Waals surface area (Å²) in [6.45, 7) is 2.05. The van der Waals surface area contributed by atoms with Gasteiger partial charge in [0.15, 0.2) is 11.0 Å². The summed E-state index contributed by atoms with van der Waals surface area (Å²) >= 11 is 1.24. The van der Waals surface area contributed by atoms with E-state index in [4.69, 9.17) is 4.52 Å². The molecule has 2 aromatic rings. The van der Waals surface area contributed by atoms with Gasteiger partial charge < -0.3 is 14.7 Å². The summed E-state index contributed by atoms with van der Waals surface area (Å²) in [6.07, 6.45) is 3.91. The van der Waals surface area contributed by atoms with E-state index in [1.54, 1.807) is 10.3 Å². The number of likely N-dealkylation sites (tertiary alicyclic amines) is 1. The summed E-state index contributed by atoms with van der Waals surface area (Å²) in [7, 11) is 0. The molecule has 1 aliphatic carbocycles. The van der Waals surface area contributed by atoms with Crippen LogP contribution in [0.1, 0.15) is 66.8 Å². The van der Waals surface area contributed by atoms with Crippen LogP contribution in [0.5, 0.6) is 0 Å². The van der Waals surface area contributed by atoms with Crippen LogP contribution in [0.15, 0.2) is 9.90 Å². The molecule has 4 rings (SSSR count). The van der Waals surface area contributed by atoms with Crippen LogP contribution in [0.4, 0.5) is 5.13 Å². The first-order chi connectivity index (χ1) is 11.6. The van der Waals surface area contributed by atoms with E-state index in [9.17, 15) is 9.59 Å². The van der Waals surface area contributed by atoms with Gasteiger partial charge in [0.1, 0.15) is 5.69 Å². The van der Waals surface area contributed by atoms with Crippen LogP contribution in [0, 0.1) is 0 Å². The molecule has 1 atom stereocenters. The van der Waals surface area contributed by atoms with Crippen LogP contribution < -0.4 is 5.32 Å². The van der Waals surface area contributed by atoms with Gasteiger partial charge in [-0.3, -0.25) is 9.59 Å². The minimum atomic E-state index is -0.207. The summed E-state index contributed by atoms with van der Waals surface area (Å²) in [6, 6.07) is -0.167. The lowest BCUT2D eigenvalue weighted by atomic mass is 10.2. The molecule has 2 aliphatic rings. The second-order valence-electron chi connectivity index (χ2n) is 6.14. The summed E-state index contributed by atoms with van der Waals surface area (Å²) in [5.41, 5.74) is 0.335. The van der Waals surface area contributed by atoms with Gasteiger partial charge in [-0.05, 0) is 25.7 Å². The molecule has 0 bridgehead atoms. The molecule has 24 heavy (non-hydrogen) atoms. The molecule has 9 heteroatoms. The number of carbonyl (C=O) groups excluding carboxylic acids is 2. The van der Waals surface area contributed by atoms with E-state index in [0.717, 1.165) is 25.7 Å². The fraction of sp³-hybridized carbons (Fsp3) is 0.533. The summed E-state index contributed by atoms with van der Waals surface area (Å²) in [4.78, 5) is 34.3. The van der Waals surface area contributed by atoms with Crippen LogP contribution in [0.2, 0.25) is 0 Å². The quantitative estimate of drug-likeness (QED) is 0.911. The van der Waals surface area contributed by atoms with Gasteiger partial charge in [0.05, 0.1) is 6.04 Å². The number of hydrogen-bond acceptors (Lipinski definition) is 7. The van der Waals surface area contributed by atoms with Crippen LogP contribution in [0.25, 0.3) is 0 Å². The van der Waals surface area contributed by atoms with E-state index >= 15 is 0 Å². The van der Waals surface area contributed by atoms with Crippen LogP contribution in [-0.2, 0) is 4.79 Å². The van der Waals surface area contributed by atoms with Crippen molar-refractivity contribution in [2.75, 3.05) is 11.9 Å². The van der Waals surface area contributed by atoms with Gasteiger partial charge >= 0.3 is 0 Å². The van der Waals surface area contributed by atoms with Crippen molar-refractivity contribution in [2.45, 2.75) is 44.6 Å². The Bertz CT molecular complexity index is 782. The number of thiazole rings is 1. The molecule has 1 saturated heterocycles. The average Bonchev–Trinajstić information content (AvgIpc) is 2.97. The zero-order valence-corrected chi connectivity index (χ0v) is 14.0. The molecule has 8 nitrogen and oxygen atoms in total. The largest absolute Gasteiger partial charge is 0.339 e. The number of hydrogen-bond donors (Lipinski definition) is 1. The summed E-state index contributed by atoms with van der Waals surface area (Å²) in [5, 5.41) is 8.76. The van der Waals surface area contributed by atoms with E-state index in [2.05, 4.69) is 20.4 Å². The molecular weight excluding hydrogens is 330 g/mol. The van der Waals surface area contributed by atoms with Crippen molar-refractivity contribution in [3.63, 3.8) is 0 Å². The van der Waals surface area contributed by atoms with Crippen LogP contribution >= 0.6 is 11.3 Å². The van der Waals surface area contributed by atoms with Gasteiger partial charge in [0.2, 0.25) is 11.8 Å². The maximum Gasteiger partial charge on any atom is 0.274 e. The highest BCUT2D eigenvalue weighted by atomic mass is 32.1. The molecular formula is C15H17N5O3S. The second kappa shape index (κ2) is 5.97. The Hall–Kier alpha value is -2.29. The lowest BCUT2D eigenvalue weighted by molar-refractivity contribution is -0.114. The number of amides is 2. The highest BCUT2D eigenvalue weighted by molar-refractivity contribution is 7.14. The Morgan fingerprint density at radius 2 is 2.17 bits per heavy atom. The molecule has 1 N–H and O–H groups in total. The van der Waals surface area contributed by atoms with Gasteiger partial charge in [-0.25, -0.2) is 4.98 Å². The molecule has 0 unspecified atom stereocenters. The number of aromatic nitrogens is 3. The van der Waals surface area contributed by atoms with Crippen molar-refractivity contribution in [3.8, 4) is 0 Å². The van der Waals surface area contributed by atoms with Crippen molar-refractivity contribution >= 4 is 28.3 Å². The van der Waals surface area contributed by atoms with E-state index < -0.39 is 0 Å². The maximum atomic E-state index is 12.8. The first-order valence-electron chi connectivity index (χ1n) is 7.99. The Morgan fingerprint density at radius 1 is 1.33 bits per heavy atom. The Kier molecular flexibility index (Phi) is 3.79. The highest BCUT2D eigenvalue weighted by Gasteiger charge is 2.37. The van der Waals surface area contributed by atoms with E-state index in [1.165, 1.54) is 18.3 Å². The molecule has 2 amide bonds. The lowest BCUT2D eigenvalue weighted by Gasteiger charge is -2.21. The third-order valence-corrected chi connectivity index (χ3v) is 4.96. The van der Waals surface area contributed by atoms with E-state index in [0.29, 0.717) is 35.0 Å². The monoisotopic (exact) mass is 347 g/mol. The molecule has 126 valence electrons. The third kappa shape index (κ3) is 2.91. The third-order valence-electron chi connectivity index (χ3n) is 4.20. The molecule has 2 fully saturated rings. The molecule has 1 aliphatic heterocycles. The van der Waals surface area contributed by atoms with Crippen molar-refractivity contribution in [2.24, 2.45) is 0 Å². The Morgan fingerprint density at radius 3 is 2.92 bits per heavy atom. The number of rotatable bonds is 4. The highest BCUT2D eigenvalue weighted by Crippen LogP contribution is 2.40. The molecule has 1 saturated carbocycles. The van der Waals surface area contributed by atoms with E-state index in [1.807, 2.05) is 0 Å². The Balaban J connectivity index is 1.51. The molecule has 2 aromatic heterocycles. The van der Waals surface area contributed by atoms with Crippen molar-refractivity contribution in [3.05, 3.63) is 22.8 Å². The standard InChI is InChI=1S/C15H17N5O3S/c1-8(21)16-15-17-10(7-24-15)14(22)20-6-2-3-11(20)12-18-13(23-19-12)9-4-5-9/h7,9,11H,2-6H2,1H3,(H,16,17,21)/t11-/m0/s1. The Labute approximate surface area is 142 Å². The fourth-order valence-electron chi connectivity index (χ4n) is 2.88. The lowest BCUT2D eigenvalue weighted by Crippen LogP contribution is -2.31. The van der Waals surface area contributed by atoms with Crippen LogP contribution in [0.3, 0.4) is 0 Å².